The van der Waals surface area contributed by atoms with E-state index in [1.807, 2.05) is 11.8 Å². The third-order valence-corrected chi connectivity index (χ3v) is 5.95. The normalized spacial score (nSPS) is 37.6. The lowest BCUT2D eigenvalue weighted by molar-refractivity contribution is -0.134. The Morgan fingerprint density at radius 2 is 2.06 bits per heavy atom. The Balaban J connectivity index is 1.90. The molecule has 4 atom stereocenters. The molecule has 0 bridgehead atoms. The number of hydrogen-bond acceptors (Lipinski definition) is 3. The van der Waals surface area contributed by atoms with Crippen LogP contribution in [0.1, 0.15) is 46.0 Å². The summed E-state index contributed by atoms with van der Waals surface area (Å²) in [5.74, 6) is 1.83. The Hall–Kier alpha value is -0.220. The zero-order valence-corrected chi connectivity index (χ0v) is 12.4. The van der Waals surface area contributed by atoms with Gasteiger partial charge in [0, 0.05) is 36.1 Å². The molecule has 0 aromatic heterocycles. The fourth-order valence-corrected chi connectivity index (χ4v) is 4.22. The monoisotopic (exact) mass is 270 g/mol. The van der Waals surface area contributed by atoms with E-state index in [9.17, 15) is 4.79 Å². The molecule has 1 saturated carbocycles. The van der Waals surface area contributed by atoms with E-state index in [-0.39, 0.29) is 6.04 Å². The van der Waals surface area contributed by atoms with Crippen molar-refractivity contribution < 1.29 is 4.79 Å². The molecule has 1 saturated heterocycles. The molecule has 4 heteroatoms. The SMILES string of the molecule is CC1SCCN(C(=O)CC2CCCCC2N)C1C. The number of rotatable bonds is 2. The number of thioether (sulfide) groups is 1. The fraction of sp³-hybridized carbons (Fsp3) is 0.929. The summed E-state index contributed by atoms with van der Waals surface area (Å²) in [6, 6.07) is 0.616. The van der Waals surface area contributed by atoms with Gasteiger partial charge in [-0.15, -0.1) is 0 Å². The van der Waals surface area contributed by atoms with E-state index in [4.69, 9.17) is 5.73 Å². The molecule has 1 aliphatic carbocycles. The average molecular weight is 270 g/mol. The molecule has 1 heterocycles. The van der Waals surface area contributed by atoms with Crippen molar-refractivity contribution in [3.05, 3.63) is 0 Å². The molecule has 4 unspecified atom stereocenters. The number of carbonyl (C=O) groups excluding carboxylic acids is 1. The van der Waals surface area contributed by atoms with Gasteiger partial charge in [-0.1, -0.05) is 19.8 Å². The largest absolute Gasteiger partial charge is 0.338 e. The van der Waals surface area contributed by atoms with Gasteiger partial charge in [0.05, 0.1) is 0 Å². The van der Waals surface area contributed by atoms with Gasteiger partial charge in [0.15, 0.2) is 0 Å². The Morgan fingerprint density at radius 3 is 2.78 bits per heavy atom. The van der Waals surface area contributed by atoms with Crippen LogP contribution in [0.15, 0.2) is 0 Å². The predicted molar refractivity (Wildman–Crippen MR) is 77.6 cm³/mol. The van der Waals surface area contributed by atoms with E-state index in [1.54, 1.807) is 0 Å². The topological polar surface area (TPSA) is 46.3 Å². The van der Waals surface area contributed by atoms with Crippen molar-refractivity contribution >= 4 is 17.7 Å². The van der Waals surface area contributed by atoms with Crippen LogP contribution in [-0.2, 0) is 4.79 Å². The zero-order valence-electron chi connectivity index (χ0n) is 11.6. The zero-order chi connectivity index (χ0) is 13.1. The molecule has 1 aliphatic heterocycles. The lowest BCUT2D eigenvalue weighted by Gasteiger charge is -2.39. The maximum absolute atomic E-state index is 12.4. The highest BCUT2D eigenvalue weighted by molar-refractivity contribution is 8.00. The predicted octanol–water partition coefficient (Wildman–Crippen LogP) is 2.25. The maximum Gasteiger partial charge on any atom is 0.223 e. The molecule has 2 fully saturated rings. The van der Waals surface area contributed by atoms with Gasteiger partial charge in [-0.3, -0.25) is 4.79 Å². The maximum atomic E-state index is 12.4. The van der Waals surface area contributed by atoms with Crippen molar-refractivity contribution in [1.29, 1.82) is 0 Å². The Morgan fingerprint density at radius 1 is 1.33 bits per heavy atom. The lowest BCUT2D eigenvalue weighted by atomic mass is 9.82. The van der Waals surface area contributed by atoms with Crippen LogP contribution >= 0.6 is 11.8 Å². The Labute approximate surface area is 115 Å². The summed E-state index contributed by atoms with van der Waals surface area (Å²) < 4.78 is 0. The highest BCUT2D eigenvalue weighted by atomic mass is 32.2. The van der Waals surface area contributed by atoms with Crippen molar-refractivity contribution in [2.45, 2.75) is 63.3 Å². The van der Waals surface area contributed by atoms with Crippen LogP contribution in [-0.4, -0.2) is 40.4 Å². The van der Waals surface area contributed by atoms with Gasteiger partial charge >= 0.3 is 0 Å². The molecule has 0 spiro atoms. The Bertz CT molecular complexity index is 298. The first kappa shape index (κ1) is 14.2. The summed E-state index contributed by atoms with van der Waals surface area (Å²) >= 11 is 1.98. The summed E-state index contributed by atoms with van der Waals surface area (Å²) in [6.07, 6.45) is 5.38. The number of hydrogen-bond donors (Lipinski definition) is 1. The van der Waals surface area contributed by atoms with Gasteiger partial charge < -0.3 is 10.6 Å². The molecule has 104 valence electrons. The van der Waals surface area contributed by atoms with Gasteiger partial charge in [-0.25, -0.2) is 0 Å². The van der Waals surface area contributed by atoms with E-state index in [0.717, 1.165) is 25.1 Å². The van der Waals surface area contributed by atoms with E-state index >= 15 is 0 Å². The molecular weight excluding hydrogens is 244 g/mol. The van der Waals surface area contributed by atoms with Crippen LogP contribution in [0.5, 0.6) is 0 Å². The van der Waals surface area contributed by atoms with Crippen LogP contribution in [0.25, 0.3) is 0 Å². The molecule has 2 N–H and O–H groups in total. The third-order valence-electron chi connectivity index (χ3n) is 4.61. The first-order valence-corrected chi connectivity index (χ1v) is 8.31. The second-order valence-electron chi connectivity index (χ2n) is 5.82. The Kier molecular flexibility index (Phi) is 4.96. The molecule has 2 rings (SSSR count). The quantitative estimate of drug-likeness (QED) is 0.837. The molecule has 18 heavy (non-hydrogen) atoms. The highest BCUT2D eigenvalue weighted by Crippen LogP contribution is 2.29. The molecule has 0 aromatic rings. The van der Waals surface area contributed by atoms with E-state index in [2.05, 4.69) is 18.7 Å². The van der Waals surface area contributed by atoms with Crippen molar-refractivity contribution in [3.63, 3.8) is 0 Å². The fourth-order valence-electron chi connectivity index (χ4n) is 3.12. The van der Waals surface area contributed by atoms with Crippen LogP contribution in [0.2, 0.25) is 0 Å². The van der Waals surface area contributed by atoms with Crippen molar-refractivity contribution in [2.24, 2.45) is 11.7 Å². The molecular formula is C14H26N2OS. The van der Waals surface area contributed by atoms with Crippen LogP contribution < -0.4 is 5.73 Å². The number of nitrogens with zero attached hydrogens (tertiary/aromatic N) is 1. The van der Waals surface area contributed by atoms with Crippen molar-refractivity contribution in [3.8, 4) is 0 Å². The highest BCUT2D eigenvalue weighted by Gasteiger charge is 2.31. The van der Waals surface area contributed by atoms with Gasteiger partial charge in [-0.2, -0.15) is 11.8 Å². The van der Waals surface area contributed by atoms with E-state index < -0.39 is 0 Å². The van der Waals surface area contributed by atoms with E-state index in [0.29, 0.717) is 29.5 Å². The first-order chi connectivity index (χ1) is 8.59. The standard InChI is InChI=1S/C14H26N2OS/c1-10-11(2)18-8-7-16(10)14(17)9-12-5-3-4-6-13(12)15/h10-13H,3-9,15H2,1-2H3. The molecule has 3 nitrogen and oxygen atoms in total. The molecule has 1 amide bonds. The van der Waals surface area contributed by atoms with Gasteiger partial charge in [0.2, 0.25) is 5.91 Å². The number of nitrogens with two attached hydrogens (primary N) is 1. The summed E-state index contributed by atoms with van der Waals surface area (Å²) in [7, 11) is 0. The second-order valence-corrected chi connectivity index (χ2v) is 7.30. The lowest BCUT2D eigenvalue weighted by Crippen LogP contribution is -2.49. The molecule has 2 aliphatic rings. The minimum atomic E-state index is 0.245. The van der Waals surface area contributed by atoms with Crippen LogP contribution in [0.3, 0.4) is 0 Å². The van der Waals surface area contributed by atoms with Gasteiger partial charge in [0.25, 0.3) is 0 Å². The van der Waals surface area contributed by atoms with Crippen LogP contribution in [0, 0.1) is 5.92 Å². The number of carbonyl (C=O) groups is 1. The molecule has 0 aromatic carbocycles. The van der Waals surface area contributed by atoms with E-state index in [1.165, 1.54) is 12.8 Å². The first-order valence-electron chi connectivity index (χ1n) is 7.26. The van der Waals surface area contributed by atoms with Crippen molar-refractivity contribution in [2.75, 3.05) is 12.3 Å². The minimum absolute atomic E-state index is 0.245. The van der Waals surface area contributed by atoms with Crippen LogP contribution in [0.4, 0.5) is 0 Å². The van der Waals surface area contributed by atoms with Gasteiger partial charge in [-0.05, 0) is 25.7 Å². The summed E-state index contributed by atoms with van der Waals surface area (Å²) in [4.78, 5) is 14.5. The average Bonchev–Trinajstić information content (AvgIpc) is 2.35. The number of amides is 1. The van der Waals surface area contributed by atoms with Crippen molar-refractivity contribution in [1.82, 2.24) is 4.90 Å². The van der Waals surface area contributed by atoms with Gasteiger partial charge in [0.1, 0.15) is 0 Å². The molecule has 0 radical (unpaired) electrons. The third kappa shape index (κ3) is 3.21. The summed E-state index contributed by atoms with van der Waals surface area (Å²) in [5, 5.41) is 0.558. The second kappa shape index (κ2) is 6.29. The smallest absolute Gasteiger partial charge is 0.223 e. The minimum Gasteiger partial charge on any atom is -0.338 e. The summed E-state index contributed by atoms with van der Waals surface area (Å²) in [5.41, 5.74) is 6.14. The summed E-state index contributed by atoms with van der Waals surface area (Å²) in [6.45, 7) is 5.31.